The predicted octanol–water partition coefficient (Wildman–Crippen LogP) is 1.38. The molecule has 0 saturated carbocycles. The smallest absolute Gasteiger partial charge is 0.407 e. The molecule has 0 unspecified atom stereocenters. The van der Waals surface area contributed by atoms with Gasteiger partial charge in [0.1, 0.15) is 11.6 Å². The molecule has 4 amide bonds. The lowest BCUT2D eigenvalue weighted by Crippen LogP contribution is -2.52. The fourth-order valence-corrected chi connectivity index (χ4v) is 2.83. The molecule has 2 aromatic rings. The average Bonchev–Trinajstić information content (AvgIpc) is 2.80. The van der Waals surface area contributed by atoms with Gasteiger partial charge in [0.2, 0.25) is 5.91 Å². The molecule has 0 fully saturated rings. The second-order valence-corrected chi connectivity index (χ2v) is 8.30. The molecule has 34 heavy (non-hydrogen) atoms. The molecule has 0 bridgehead atoms. The molecule has 11 heteroatoms. The fraction of sp³-hybridized carbons (Fsp3) is 0.304. The molecule has 2 aromatic carbocycles. The normalized spacial score (nSPS) is 11.7. The summed E-state index contributed by atoms with van der Waals surface area (Å²) in [6.07, 6.45) is -0.772. The van der Waals surface area contributed by atoms with Crippen LogP contribution in [0.2, 0.25) is 0 Å². The number of benzene rings is 2. The second-order valence-electron chi connectivity index (χ2n) is 8.30. The Hall–Kier alpha value is -3.96. The molecule has 0 aliphatic heterocycles. The van der Waals surface area contributed by atoms with Gasteiger partial charge in [-0.25, -0.2) is 10.3 Å². The number of hydrogen-bond donors (Lipinski definition) is 6. The van der Waals surface area contributed by atoms with Crippen LogP contribution in [-0.4, -0.2) is 53.8 Å². The van der Waals surface area contributed by atoms with Crippen molar-refractivity contribution in [3.63, 3.8) is 0 Å². The first-order valence-electron chi connectivity index (χ1n) is 10.4. The van der Waals surface area contributed by atoms with Gasteiger partial charge in [0.05, 0.1) is 13.1 Å². The molecule has 1 atom stereocenters. The number of alkyl carbamates (subject to hydrolysis) is 1. The van der Waals surface area contributed by atoms with Gasteiger partial charge in [-0.05, 0) is 56.2 Å². The number of amides is 4. The minimum Gasteiger partial charge on any atom is -0.444 e. The lowest BCUT2D eigenvalue weighted by molar-refractivity contribution is -0.131. The topological polar surface area (TPSA) is 172 Å². The Bertz CT molecular complexity index is 1030. The molecule has 0 spiro atoms. The summed E-state index contributed by atoms with van der Waals surface area (Å²) in [4.78, 5) is 47.9. The number of nitrogens with two attached hydrogens (primary N) is 1. The van der Waals surface area contributed by atoms with E-state index in [0.29, 0.717) is 5.69 Å². The number of hydroxylamine groups is 1. The van der Waals surface area contributed by atoms with Crippen LogP contribution in [0, 0.1) is 0 Å². The molecule has 7 N–H and O–H groups in total. The Morgan fingerprint density at radius 2 is 1.71 bits per heavy atom. The van der Waals surface area contributed by atoms with Crippen LogP contribution in [0.15, 0.2) is 48.5 Å². The Morgan fingerprint density at radius 1 is 1.03 bits per heavy atom. The summed E-state index contributed by atoms with van der Waals surface area (Å²) >= 11 is 0. The van der Waals surface area contributed by atoms with Crippen molar-refractivity contribution in [2.75, 3.05) is 18.4 Å². The highest BCUT2D eigenvalue weighted by Gasteiger charge is 2.23. The molecule has 0 aromatic heterocycles. The highest BCUT2D eigenvalue weighted by Crippen LogP contribution is 2.23. The third-order valence-corrected chi connectivity index (χ3v) is 4.39. The Morgan fingerprint density at radius 3 is 2.29 bits per heavy atom. The third-order valence-electron chi connectivity index (χ3n) is 4.39. The number of carbonyl (C=O) groups excluding carboxylic acids is 4. The molecular weight excluding hydrogens is 442 g/mol. The quantitative estimate of drug-likeness (QED) is 0.249. The Balaban J connectivity index is 2.07. The van der Waals surface area contributed by atoms with E-state index in [1.807, 2.05) is 6.07 Å². The summed E-state index contributed by atoms with van der Waals surface area (Å²) in [6, 6.07) is 12.4. The molecule has 0 radical (unpaired) electrons. The standard InChI is InChI=1S/C23H29N5O6/c1-23(2,3)34-22(32)25-13-18(21(31)28-33)27-20(30)15-9-7-14(8-10-15)16-5-4-6-17(11-16)26-19(29)12-24/h4-11,18,33H,12-13,24H2,1-3H3,(H,25,32)(H,26,29)(H,27,30)(H,28,31)/t18-/m0/s1. The summed E-state index contributed by atoms with van der Waals surface area (Å²) in [5.41, 5.74) is 8.48. The highest BCUT2D eigenvalue weighted by molar-refractivity contribution is 5.98. The van der Waals surface area contributed by atoms with Crippen LogP contribution in [-0.2, 0) is 14.3 Å². The lowest BCUT2D eigenvalue weighted by Gasteiger charge is -2.22. The van der Waals surface area contributed by atoms with Gasteiger partial charge in [0, 0.05) is 11.3 Å². The number of ether oxygens (including phenoxy) is 1. The largest absolute Gasteiger partial charge is 0.444 e. The third kappa shape index (κ3) is 8.19. The van der Waals surface area contributed by atoms with Gasteiger partial charge < -0.3 is 26.4 Å². The van der Waals surface area contributed by atoms with Gasteiger partial charge in [-0.15, -0.1) is 0 Å². The molecule has 11 nitrogen and oxygen atoms in total. The van der Waals surface area contributed by atoms with E-state index in [0.717, 1.165) is 11.1 Å². The summed E-state index contributed by atoms with van der Waals surface area (Å²) < 4.78 is 5.10. The maximum atomic E-state index is 12.6. The summed E-state index contributed by atoms with van der Waals surface area (Å²) in [5.74, 6) is -1.81. The van der Waals surface area contributed by atoms with Crippen molar-refractivity contribution in [3.05, 3.63) is 54.1 Å². The van der Waals surface area contributed by atoms with Crippen LogP contribution in [0.1, 0.15) is 31.1 Å². The van der Waals surface area contributed by atoms with Crippen molar-refractivity contribution in [2.24, 2.45) is 5.73 Å². The van der Waals surface area contributed by atoms with E-state index >= 15 is 0 Å². The van der Waals surface area contributed by atoms with Crippen molar-refractivity contribution >= 4 is 29.5 Å². The minimum atomic E-state index is -1.24. The van der Waals surface area contributed by atoms with E-state index in [2.05, 4.69) is 16.0 Å². The highest BCUT2D eigenvalue weighted by atomic mass is 16.6. The first-order valence-corrected chi connectivity index (χ1v) is 10.4. The van der Waals surface area contributed by atoms with Crippen molar-refractivity contribution < 1.29 is 29.1 Å². The van der Waals surface area contributed by atoms with E-state index in [4.69, 9.17) is 15.7 Å². The van der Waals surface area contributed by atoms with Crippen molar-refractivity contribution in [2.45, 2.75) is 32.4 Å². The zero-order valence-corrected chi connectivity index (χ0v) is 19.2. The van der Waals surface area contributed by atoms with Crippen LogP contribution in [0.4, 0.5) is 10.5 Å². The first-order chi connectivity index (χ1) is 16.0. The Labute approximate surface area is 197 Å². The van der Waals surface area contributed by atoms with E-state index in [1.165, 1.54) is 5.48 Å². The van der Waals surface area contributed by atoms with Crippen LogP contribution in [0.25, 0.3) is 11.1 Å². The van der Waals surface area contributed by atoms with Crippen LogP contribution in [0.5, 0.6) is 0 Å². The van der Waals surface area contributed by atoms with Crippen molar-refractivity contribution in [1.29, 1.82) is 0 Å². The van der Waals surface area contributed by atoms with E-state index < -0.39 is 29.6 Å². The van der Waals surface area contributed by atoms with Gasteiger partial charge in [-0.3, -0.25) is 19.6 Å². The van der Waals surface area contributed by atoms with Gasteiger partial charge >= 0.3 is 6.09 Å². The number of carbonyl (C=O) groups is 4. The summed E-state index contributed by atoms with van der Waals surface area (Å²) in [7, 11) is 0. The monoisotopic (exact) mass is 471 g/mol. The summed E-state index contributed by atoms with van der Waals surface area (Å²) in [6.45, 7) is 4.62. The molecule has 2 rings (SSSR count). The zero-order chi connectivity index (χ0) is 25.3. The molecule has 0 heterocycles. The molecule has 0 saturated heterocycles. The van der Waals surface area contributed by atoms with Crippen LogP contribution >= 0.6 is 0 Å². The number of hydrogen-bond acceptors (Lipinski definition) is 7. The molecular formula is C23H29N5O6. The van der Waals surface area contributed by atoms with Crippen LogP contribution < -0.4 is 27.2 Å². The fourth-order valence-electron chi connectivity index (χ4n) is 2.83. The van der Waals surface area contributed by atoms with E-state index in [9.17, 15) is 19.2 Å². The molecule has 0 aliphatic carbocycles. The average molecular weight is 472 g/mol. The van der Waals surface area contributed by atoms with Gasteiger partial charge in [-0.1, -0.05) is 24.3 Å². The molecule has 0 aliphatic rings. The minimum absolute atomic E-state index is 0.128. The Kier molecular flexibility index (Phi) is 9.10. The zero-order valence-electron chi connectivity index (χ0n) is 19.2. The maximum Gasteiger partial charge on any atom is 0.407 e. The van der Waals surface area contributed by atoms with Crippen LogP contribution in [0.3, 0.4) is 0 Å². The van der Waals surface area contributed by atoms with E-state index in [1.54, 1.807) is 63.2 Å². The first kappa shape index (κ1) is 26.3. The van der Waals surface area contributed by atoms with Crippen molar-refractivity contribution in [1.82, 2.24) is 16.1 Å². The molecule has 182 valence electrons. The van der Waals surface area contributed by atoms with Crippen molar-refractivity contribution in [3.8, 4) is 11.1 Å². The summed E-state index contributed by atoms with van der Waals surface area (Å²) in [5, 5.41) is 16.5. The van der Waals surface area contributed by atoms with Gasteiger partial charge in [-0.2, -0.15) is 0 Å². The predicted molar refractivity (Wildman–Crippen MR) is 125 cm³/mol. The SMILES string of the molecule is CC(C)(C)OC(=O)NC[C@H](NC(=O)c1ccc(-c2cccc(NC(=O)CN)c2)cc1)C(=O)NO. The van der Waals surface area contributed by atoms with E-state index in [-0.39, 0.29) is 24.6 Å². The number of anilines is 1. The van der Waals surface area contributed by atoms with Gasteiger partial charge in [0.15, 0.2) is 0 Å². The maximum absolute atomic E-state index is 12.6. The second kappa shape index (κ2) is 11.8. The number of nitrogens with one attached hydrogen (secondary N) is 4. The number of rotatable bonds is 8. The lowest BCUT2D eigenvalue weighted by atomic mass is 10.0. The van der Waals surface area contributed by atoms with Gasteiger partial charge in [0.25, 0.3) is 11.8 Å².